The second-order valence-electron chi connectivity index (χ2n) is 4.71. The Hall–Kier alpha value is -1.39. The van der Waals surface area contributed by atoms with Gasteiger partial charge < -0.3 is 15.3 Å². The molecule has 4 nitrogen and oxygen atoms in total. The van der Waals surface area contributed by atoms with Crippen molar-refractivity contribution < 1.29 is 9.90 Å². The van der Waals surface area contributed by atoms with Crippen molar-refractivity contribution in [2.24, 2.45) is 0 Å². The van der Waals surface area contributed by atoms with Gasteiger partial charge in [-0.3, -0.25) is 4.79 Å². The molecule has 0 saturated carbocycles. The van der Waals surface area contributed by atoms with Crippen LogP contribution in [-0.2, 0) is 0 Å². The zero-order valence-corrected chi connectivity index (χ0v) is 10.7. The summed E-state index contributed by atoms with van der Waals surface area (Å²) in [5.74, 6) is 0.0972. The van der Waals surface area contributed by atoms with Gasteiger partial charge in [0, 0.05) is 43.5 Å². The summed E-state index contributed by atoms with van der Waals surface area (Å²) in [5, 5.41) is 12.4. The second-order valence-corrected chi connectivity index (χ2v) is 4.71. The summed E-state index contributed by atoms with van der Waals surface area (Å²) in [6, 6.07) is 8.09. The fraction of sp³-hybridized carbons (Fsp3) is 0.500. The normalized spacial score (nSPS) is 19.9. The SMILES string of the molecule is CC(=O)c1ccc(N2CCNC(CCO)C2)cc1. The van der Waals surface area contributed by atoms with Crippen LogP contribution in [0.4, 0.5) is 5.69 Å². The molecule has 1 atom stereocenters. The number of aliphatic hydroxyl groups excluding tert-OH is 1. The number of hydrogen-bond donors (Lipinski definition) is 2. The van der Waals surface area contributed by atoms with Crippen molar-refractivity contribution in [1.29, 1.82) is 0 Å². The molecule has 1 heterocycles. The third kappa shape index (κ3) is 3.09. The van der Waals surface area contributed by atoms with Gasteiger partial charge in [0.25, 0.3) is 0 Å². The second kappa shape index (κ2) is 5.98. The molecular weight excluding hydrogens is 228 g/mol. The van der Waals surface area contributed by atoms with E-state index in [1.54, 1.807) is 6.92 Å². The third-order valence-corrected chi connectivity index (χ3v) is 3.37. The van der Waals surface area contributed by atoms with Gasteiger partial charge in [-0.15, -0.1) is 0 Å². The van der Waals surface area contributed by atoms with E-state index >= 15 is 0 Å². The predicted molar refractivity (Wildman–Crippen MR) is 72.2 cm³/mol. The topological polar surface area (TPSA) is 52.6 Å². The van der Waals surface area contributed by atoms with Crippen LogP contribution in [0.3, 0.4) is 0 Å². The van der Waals surface area contributed by atoms with Gasteiger partial charge in [0.15, 0.2) is 5.78 Å². The van der Waals surface area contributed by atoms with E-state index in [-0.39, 0.29) is 12.4 Å². The Morgan fingerprint density at radius 2 is 2.17 bits per heavy atom. The van der Waals surface area contributed by atoms with E-state index < -0.39 is 0 Å². The van der Waals surface area contributed by atoms with Crippen molar-refractivity contribution in [3.05, 3.63) is 29.8 Å². The van der Waals surface area contributed by atoms with Crippen LogP contribution in [-0.4, -0.2) is 43.2 Å². The van der Waals surface area contributed by atoms with Crippen molar-refractivity contribution in [1.82, 2.24) is 5.32 Å². The molecule has 0 aliphatic carbocycles. The monoisotopic (exact) mass is 248 g/mol. The highest BCUT2D eigenvalue weighted by Crippen LogP contribution is 2.17. The molecule has 1 aromatic rings. The Bertz CT molecular complexity index is 401. The van der Waals surface area contributed by atoms with E-state index in [0.717, 1.165) is 37.3 Å². The Kier molecular flexibility index (Phi) is 4.33. The molecule has 0 radical (unpaired) electrons. The number of nitrogens with zero attached hydrogens (tertiary/aromatic N) is 1. The predicted octanol–water partition coefficient (Wildman–Crippen LogP) is 1.05. The van der Waals surface area contributed by atoms with Gasteiger partial charge in [0.1, 0.15) is 0 Å². The standard InChI is InChI=1S/C14H20N2O2/c1-11(18)12-2-4-14(5-3-12)16-8-7-15-13(10-16)6-9-17/h2-5,13,15,17H,6-10H2,1H3. The maximum absolute atomic E-state index is 11.2. The van der Waals surface area contributed by atoms with Gasteiger partial charge in [0.05, 0.1) is 0 Å². The van der Waals surface area contributed by atoms with Gasteiger partial charge in [-0.05, 0) is 37.6 Å². The molecular formula is C14H20N2O2. The van der Waals surface area contributed by atoms with Crippen LogP contribution in [0.15, 0.2) is 24.3 Å². The van der Waals surface area contributed by atoms with Crippen molar-refractivity contribution in [2.45, 2.75) is 19.4 Å². The number of aliphatic hydroxyl groups is 1. The molecule has 0 bridgehead atoms. The van der Waals surface area contributed by atoms with Crippen LogP contribution in [0.1, 0.15) is 23.7 Å². The van der Waals surface area contributed by atoms with Gasteiger partial charge in [-0.25, -0.2) is 0 Å². The van der Waals surface area contributed by atoms with E-state index in [4.69, 9.17) is 5.11 Å². The number of rotatable bonds is 4. The molecule has 4 heteroatoms. The Morgan fingerprint density at radius 3 is 2.78 bits per heavy atom. The first-order chi connectivity index (χ1) is 8.70. The summed E-state index contributed by atoms with van der Waals surface area (Å²) in [6.45, 7) is 4.59. The molecule has 1 saturated heterocycles. The highest BCUT2D eigenvalue weighted by Gasteiger charge is 2.18. The first-order valence-electron chi connectivity index (χ1n) is 6.41. The summed E-state index contributed by atoms with van der Waals surface area (Å²) in [6.07, 6.45) is 0.780. The number of hydrogen-bond acceptors (Lipinski definition) is 4. The fourth-order valence-electron chi connectivity index (χ4n) is 2.32. The molecule has 1 aliphatic heterocycles. The quantitative estimate of drug-likeness (QED) is 0.782. The van der Waals surface area contributed by atoms with Gasteiger partial charge in [-0.2, -0.15) is 0 Å². The average molecular weight is 248 g/mol. The number of ketones is 1. The van der Waals surface area contributed by atoms with Gasteiger partial charge in [-0.1, -0.05) is 0 Å². The van der Waals surface area contributed by atoms with Gasteiger partial charge in [0.2, 0.25) is 0 Å². The fourth-order valence-corrected chi connectivity index (χ4v) is 2.32. The first kappa shape index (κ1) is 13.1. The molecule has 0 amide bonds. The lowest BCUT2D eigenvalue weighted by Crippen LogP contribution is -2.51. The maximum atomic E-state index is 11.2. The van der Waals surface area contributed by atoms with E-state index in [1.165, 1.54) is 0 Å². The van der Waals surface area contributed by atoms with Crippen molar-refractivity contribution in [3.8, 4) is 0 Å². The minimum absolute atomic E-state index is 0.0972. The Balaban J connectivity index is 2.04. The summed E-state index contributed by atoms with van der Waals surface area (Å²) >= 11 is 0. The summed E-state index contributed by atoms with van der Waals surface area (Å²) in [5.41, 5.74) is 1.89. The minimum atomic E-state index is 0.0972. The maximum Gasteiger partial charge on any atom is 0.159 e. The molecule has 1 fully saturated rings. The Morgan fingerprint density at radius 1 is 1.44 bits per heavy atom. The van der Waals surface area contributed by atoms with E-state index in [9.17, 15) is 4.79 Å². The van der Waals surface area contributed by atoms with Crippen molar-refractivity contribution in [2.75, 3.05) is 31.1 Å². The molecule has 2 rings (SSSR count). The molecule has 18 heavy (non-hydrogen) atoms. The number of benzene rings is 1. The van der Waals surface area contributed by atoms with Crippen molar-refractivity contribution >= 4 is 11.5 Å². The van der Waals surface area contributed by atoms with Crippen LogP contribution < -0.4 is 10.2 Å². The zero-order chi connectivity index (χ0) is 13.0. The van der Waals surface area contributed by atoms with E-state index in [1.807, 2.05) is 24.3 Å². The molecule has 1 aliphatic rings. The molecule has 1 aromatic carbocycles. The molecule has 2 N–H and O–H groups in total. The average Bonchev–Trinajstić information content (AvgIpc) is 2.39. The summed E-state index contributed by atoms with van der Waals surface area (Å²) in [7, 11) is 0. The largest absolute Gasteiger partial charge is 0.396 e. The first-order valence-corrected chi connectivity index (χ1v) is 6.41. The number of carbonyl (C=O) groups excluding carboxylic acids is 1. The highest BCUT2D eigenvalue weighted by molar-refractivity contribution is 5.94. The van der Waals surface area contributed by atoms with Crippen molar-refractivity contribution in [3.63, 3.8) is 0 Å². The third-order valence-electron chi connectivity index (χ3n) is 3.37. The number of piperazine rings is 1. The summed E-state index contributed by atoms with van der Waals surface area (Å²) < 4.78 is 0. The minimum Gasteiger partial charge on any atom is -0.396 e. The van der Waals surface area contributed by atoms with Crippen LogP contribution in [0.5, 0.6) is 0 Å². The molecule has 0 aromatic heterocycles. The molecule has 0 spiro atoms. The van der Waals surface area contributed by atoms with Gasteiger partial charge >= 0.3 is 0 Å². The van der Waals surface area contributed by atoms with E-state index in [0.29, 0.717) is 6.04 Å². The number of nitrogens with one attached hydrogen (secondary N) is 1. The smallest absolute Gasteiger partial charge is 0.159 e. The van der Waals surface area contributed by atoms with Crippen LogP contribution in [0.25, 0.3) is 0 Å². The molecule has 1 unspecified atom stereocenters. The number of anilines is 1. The lowest BCUT2D eigenvalue weighted by atomic mass is 10.1. The van der Waals surface area contributed by atoms with Crippen LogP contribution >= 0.6 is 0 Å². The lowest BCUT2D eigenvalue weighted by molar-refractivity contribution is 0.101. The van der Waals surface area contributed by atoms with Crippen LogP contribution in [0.2, 0.25) is 0 Å². The van der Waals surface area contributed by atoms with E-state index in [2.05, 4.69) is 10.2 Å². The number of Topliss-reactive ketones (excluding diaryl/α,β-unsaturated/α-hetero) is 1. The molecule has 98 valence electrons. The summed E-state index contributed by atoms with van der Waals surface area (Å²) in [4.78, 5) is 13.5. The lowest BCUT2D eigenvalue weighted by Gasteiger charge is -2.35. The highest BCUT2D eigenvalue weighted by atomic mass is 16.3. The Labute approximate surface area is 108 Å². The zero-order valence-electron chi connectivity index (χ0n) is 10.7. The van der Waals surface area contributed by atoms with Crippen LogP contribution in [0, 0.1) is 0 Å². The number of carbonyl (C=O) groups is 1.